The van der Waals surface area contributed by atoms with Crippen molar-refractivity contribution in [3.63, 3.8) is 0 Å². The number of benzene rings is 3. The van der Waals surface area contributed by atoms with E-state index in [9.17, 15) is 0 Å². The van der Waals surface area contributed by atoms with Gasteiger partial charge in [-0.05, 0) is 23.2 Å². The number of fused-ring (bicyclic) bond motifs is 6. The molecule has 0 saturated heterocycles. The number of imidazole rings is 1. The van der Waals surface area contributed by atoms with Crippen molar-refractivity contribution in [3.8, 4) is 5.69 Å². The van der Waals surface area contributed by atoms with Crippen LogP contribution < -0.4 is 0 Å². The fraction of sp³-hybridized carbons (Fsp3) is 0. The molecule has 0 aliphatic carbocycles. The second kappa shape index (κ2) is 8.39. The Bertz CT molecular complexity index is 1290. The van der Waals surface area contributed by atoms with E-state index in [4.69, 9.17) is 0 Å². The summed E-state index contributed by atoms with van der Waals surface area (Å²) in [5, 5.41) is 7.60. The van der Waals surface area contributed by atoms with Gasteiger partial charge in [0.1, 0.15) is 0 Å². The van der Waals surface area contributed by atoms with Crippen LogP contribution in [0.15, 0.2) is 97.6 Å². The molecular weight excluding hydrogens is 537 g/mol. The van der Waals surface area contributed by atoms with Crippen LogP contribution in [0.1, 0.15) is 0 Å². The maximum atomic E-state index is 4.43. The molecule has 143 valence electrons. The molecule has 0 aliphatic rings. The van der Waals surface area contributed by atoms with E-state index in [2.05, 4.69) is 56.9 Å². The van der Waals surface area contributed by atoms with Crippen molar-refractivity contribution >= 4 is 27.3 Å². The third-order valence-electron chi connectivity index (χ3n) is 4.62. The van der Waals surface area contributed by atoms with Crippen LogP contribution in [0.2, 0.25) is 0 Å². The number of rotatable bonds is 1. The molecule has 0 spiro atoms. The van der Waals surface area contributed by atoms with E-state index in [0.717, 1.165) is 16.7 Å². The van der Waals surface area contributed by atoms with Crippen LogP contribution in [-0.2, 0) is 20.1 Å². The maximum absolute atomic E-state index is 4.43. The van der Waals surface area contributed by atoms with E-state index < -0.39 is 0 Å². The summed E-state index contributed by atoms with van der Waals surface area (Å²) in [4.78, 5) is 4.43. The van der Waals surface area contributed by atoms with Crippen molar-refractivity contribution < 1.29 is 20.1 Å². The first kappa shape index (κ1) is 19.1. The predicted molar refractivity (Wildman–Crippen MR) is 111 cm³/mol. The summed E-state index contributed by atoms with van der Waals surface area (Å²) in [6, 6.07) is 30.5. The van der Waals surface area contributed by atoms with E-state index in [-0.39, 0.29) is 20.1 Å². The predicted octanol–water partition coefficient (Wildman–Crippen LogP) is 5.11. The topological polar surface area (TPSA) is 35.1 Å². The largest absolute Gasteiger partial charge is 0.340 e. The van der Waals surface area contributed by atoms with Crippen molar-refractivity contribution in [2.75, 3.05) is 0 Å². The molecule has 4 nitrogen and oxygen atoms in total. The van der Waals surface area contributed by atoms with Gasteiger partial charge >= 0.3 is 0 Å². The zero-order valence-electron chi connectivity index (χ0n) is 15.4. The molecule has 3 aromatic carbocycles. The quantitative estimate of drug-likeness (QED) is 0.210. The number of para-hydroxylation sites is 2. The first-order chi connectivity index (χ1) is 13.9. The second-order valence-corrected chi connectivity index (χ2v) is 6.30. The average molecular weight is 553 g/mol. The molecule has 6 rings (SSSR count). The molecule has 0 saturated carbocycles. The molecule has 29 heavy (non-hydrogen) atoms. The van der Waals surface area contributed by atoms with Crippen LogP contribution in [0.5, 0.6) is 0 Å². The van der Waals surface area contributed by atoms with Crippen LogP contribution >= 0.6 is 0 Å². The Kier molecular flexibility index (Phi) is 5.52. The van der Waals surface area contributed by atoms with Gasteiger partial charge in [0.2, 0.25) is 0 Å². The van der Waals surface area contributed by atoms with Crippen molar-refractivity contribution in [2.45, 2.75) is 0 Å². The Morgan fingerprint density at radius 2 is 1.55 bits per heavy atom. The van der Waals surface area contributed by atoms with Crippen LogP contribution in [0.4, 0.5) is 0 Å². The standard InChI is InChI=1S/C15H9N2.C9H7N2.Ir/c1-2-7-13-11(5-1)12-6-3-4-8-14(12)17-10-9-16-15(13)17;1-2-5-9(6-3-1)11-8-4-7-10-11;/h1-6,8-10H;1-5,7-8H;/q2*-1;. The normalized spacial score (nSPS) is 10.5. The van der Waals surface area contributed by atoms with Crippen molar-refractivity contribution in [1.29, 1.82) is 0 Å². The molecule has 6 aromatic rings. The second-order valence-electron chi connectivity index (χ2n) is 6.30. The molecule has 5 heteroatoms. The van der Waals surface area contributed by atoms with Gasteiger partial charge in [-0.2, -0.15) is 29.4 Å². The monoisotopic (exact) mass is 553 g/mol. The van der Waals surface area contributed by atoms with Gasteiger partial charge in [-0.15, -0.1) is 35.7 Å². The third kappa shape index (κ3) is 3.58. The first-order valence-corrected chi connectivity index (χ1v) is 9.03. The Labute approximate surface area is 181 Å². The molecule has 0 N–H and O–H groups in total. The molecular formula is C24H16IrN4-2. The molecule has 3 heterocycles. The number of nitrogens with zero attached hydrogens (tertiary/aromatic N) is 4. The SMILES string of the molecule is [Ir].[c-]1cccc2c1c1nccn1c1ccccc21.[c-]1ccccc1-n1cccn1. The Morgan fingerprint density at radius 3 is 2.38 bits per heavy atom. The van der Waals surface area contributed by atoms with Gasteiger partial charge in [-0.25, -0.2) is 0 Å². The van der Waals surface area contributed by atoms with E-state index >= 15 is 0 Å². The van der Waals surface area contributed by atoms with Crippen LogP contribution in [-0.4, -0.2) is 19.2 Å². The van der Waals surface area contributed by atoms with Crippen LogP contribution in [0.25, 0.3) is 33.0 Å². The van der Waals surface area contributed by atoms with Gasteiger partial charge in [0.15, 0.2) is 0 Å². The molecule has 0 bridgehead atoms. The summed E-state index contributed by atoms with van der Waals surface area (Å²) < 4.78 is 3.90. The number of hydrogen-bond donors (Lipinski definition) is 0. The zero-order chi connectivity index (χ0) is 18.8. The van der Waals surface area contributed by atoms with E-state index in [0.29, 0.717) is 0 Å². The molecule has 0 amide bonds. The van der Waals surface area contributed by atoms with Crippen LogP contribution in [0, 0.1) is 12.1 Å². The fourth-order valence-corrected chi connectivity index (χ4v) is 3.38. The van der Waals surface area contributed by atoms with Crippen molar-refractivity contribution in [2.24, 2.45) is 0 Å². The minimum atomic E-state index is 0. The van der Waals surface area contributed by atoms with E-state index in [1.54, 1.807) is 10.9 Å². The Morgan fingerprint density at radius 1 is 0.724 bits per heavy atom. The summed E-state index contributed by atoms with van der Waals surface area (Å²) in [5.41, 5.74) is 3.13. The molecule has 3 aromatic heterocycles. The van der Waals surface area contributed by atoms with Crippen molar-refractivity contribution in [3.05, 3.63) is 110 Å². The number of pyridine rings is 1. The van der Waals surface area contributed by atoms with Gasteiger partial charge < -0.3 is 4.40 Å². The number of aromatic nitrogens is 4. The summed E-state index contributed by atoms with van der Waals surface area (Å²) in [7, 11) is 0. The fourth-order valence-electron chi connectivity index (χ4n) is 3.38. The summed E-state index contributed by atoms with van der Waals surface area (Å²) in [6.07, 6.45) is 7.48. The summed E-state index contributed by atoms with van der Waals surface area (Å²) in [6.45, 7) is 0. The zero-order valence-corrected chi connectivity index (χ0v) is 17.8. The van der Waals surface area contributed by atoms with E-state index in [1.165, 1.54) is 16.3 Å². The Balaban J connectivity index is 0.000000149. The molecule has 0 atom stereocenters. The van der Waals surface area contributed by atoms with E-state index in [1.807, 2.05) is 61.1 Å². The van der Waals surface area contributed by atoms with Gasteiger partial charge in [0.05, 0.1) is 5.65 Å². The smallest absolute Gasteiger partial charge is 0.0608 e. The third-order valence-corrected chi connectivity index (χ3v) is 4.62. The van der Waals surface area contributed by atoms with Gasteiger partial charge in [0, 0.05) is 50.4 Å². The Hall–Kier alpha value is -3.27. The van der Waals surface area contributed by atoms with Gasteiger partial charge in [-0.1, -0.05) is 23.6 Å². The molecule has 0 unspecified atom stereocenters. The minimum absolute atomic E-state index is 0. The molecule has 0 aliphatic heterocycles. The average Bonchev–Trinajstić information content (AvgIpc) is 3.48. The summed E-state index contributed by atoms with van der Waals surface area (Å²) >= 11 is 0. The molecule has 0 fully saturated rings. The summed E-state index contributed by atoms with van der Waals surface area (Å²) in [5.74, 6) is 0. The van der Waals surface area contributed by atoms with Crippen LogP contribution in [0.3, 0.4) is 0 Å². The first-order valence-electron chi connectivity index (χ1n) is 9.03. The van der Waals surface area contributed by atoms with Gasteiger partial charge in [-0.3, -0.25) is 9.67 Å². The number of hydrogen-bond acceptors (Lipinski definition) is 2. The molecule has 1 radical (unpaired) electrons. The minimum Gasteiger partial charge on any atom is -0.340 e. The van der Waals surface area contributed by atoms with Gasteiger partial charge in [0.25, 0.3) is 0 Å². The van der Waals surface area contributed by atoms with Crippen molar-refractivity contribution in [1.82, 2.24) is 19.2 Å². The maximum Gasteiger partial charge on any atom is 0.0608 e.